The largest absolute Gasteiger partial charge is 0.390 e. The Morgan fingerprint density at radius 1 is 1.27 bits per heavy atom. The monoisotopic (exact) mass is 309 g/mol. The second-order valence-corrected chi connectivity index (χ2v) is 6.49. The molecule has 1 heterocycles. The minimum absolute atomic E-state index is 0.00459. The number of aryl methyl sites for hydroxylation is 1. The molecule has 0 bridgehead atoms. The standard InChI is InChI=1S/C17H21F2NO2/c18-14-3-1-12(15(19)11-14)2-4-16(21)20-9-5-13(6-10-20)17(22)7-8-17/h1,3,11,13,22H,2,4-10H2. The first kappa shape index (κ1) is 15.4. The highest BCUT2D eigenvalue weighted by molar-refractivity contribution is 5.76. The van der Waals surface area contributed by atoms with Crippen molar-refractivity contribution in [2.24, 2.45) is 5.92 Å². The summed E-state index contributed by atoms with van der Waals surface area (Å²) in [5.74, 6) is -0.883. The predicted octanol–water partition coefficient (Wildman–Crippen LogP) is 2.66. The second-order valence-electron chi connectivity index (χ2n) is 6.49. The maximum absolute atomic E-state index is 13.5. The van der Waals surface area contributed by atoms with Crippen LogP contribution >= 0.6 is 0 Å². The van der Waals surface area contributed by atoms with E-state index in [0.717, 1.165) is 31.7 Å². The molecule has 1 aliphatic carbocycles. The lowest BCUT2D eigenvalue weighted by atomic mass is 9.89. The number of aliphatic hydroxyl groups is 1. The molecule has 0 unspecified atom stereocenters. The van der Waals surface area contributed by atoms with Crippen molar-refractivity contribution in [1.82, 2.24) is 4.90 Å². The molecule has 1 amide bonds. The molecule has 1 aliphatic heterocycles. The van der Waals surface area contributed by atoms with Gasteiger partial charge in [-0.15, -0.1) is 0 Å². The van der Waals surface area contributed by atoms with Crippen LogP contribution in [-0.4, -0.2) is 34.6 Å². The number of piperidine rings is 1. The van der Waals surface area contributed by atoms with Gasteiger partial charge in [-0.25, -0.2) is 8.78 Å². The molecule has 22 heavy (non-hydrogen) atoms. The van der Waals surface area contributed by atoms with Crippen molar-refractivity contribution in [3.63, 3.8) is 0 Å². The zero-order valence-electron chi connectivity index (χ0n) is 12.5. The number of halogens is 2. The summed E-state index contributed by atoms with van der Waals surface area (Å²) in [6, 6.07) is 3.46. The minimum atomic E-state index is -0.604. The van der Waals surface area contributed by atoms with Crippen molar-refractivity contribution >= 4 is 5.91 Å². The van der Waals surface area contributed by atoms with Gasteiger partial charge in [0.05, 0.1) is 5.60 Å². The molecule has 1 aromatic carbocycles. The Kier molecular flexibility index (Phi) is 4.17. The lowest BCUT2D eigenvalue weighted by Crippen LogP contribution is -2.42. The van der Waals surface area contributed by atoms with E-state index < -0.39 is 17.2 Å². The van der Waals surface area contributed by atoms with Crippen molar-refractivity contribution in [3.05, 3.63) is 35.4 Å². The fourth-order valence-electron chi connectivity index (χ4n) is 3.33. The van der Waals surface area contributed by atoms with Gasteiger partial charge in [0.15, 0.2) is 0 Å². The lowest BCUT2D eigenvalue weighted by Gasteiger charge is -2.34. The summed E-state index contributed by atoms with van der Waals surface area (Å²) in [6.45, 7) is 1.33. The Balaban J connectivity index is 1.48. The molecule has 0 aromatic heterocycles. The van der Waals surface area contributed by atoms with E-state index in [0.29, 0.717) is 24.6 Å². The van der Waals surface area contributed by atoms with Crippen molar-refractivity contribution in [2.45, 2.75) is 44.1 Å². The molecular formula is C17H21F2NO2. The summed E-state index contributed by atoms with van der Waals surface area (Å²) in [6.07, 6.45) is 3.97. The quantitative estimate of drug-likeness (QED) is 0.929. The topological polar surface area (TPSA) is 40.5 Å². The average molecular weight is 309 g/mol. The third kappa shape index (κ3) is 3.29. The fraction of sp³-hybridized carbons (Fsp3) is 0.588. The van der Waals surface area contributed by atoms with Crippen LogP contribution in [0.4, 0.5) is 8.78 Å². The number of carbonyl (C=O) groups is 1. The van der Waals surface area contributed by atoms with E-state index in [-0.39, 0.29) is 18.7 Å². The highest BCUT2D eigenvalue weighted by Crippen LogP contribution is 2.46. The van der Waals surface area contributed by atoms with Gasteiger partial charge in [0.25, 0.3) is 0 Å². The van der Waals surface area contributed by atoms with Gasteiger partial charge >= 0.3 is 0 Å². The Morgan fingerprint density at radius 3 is 2.55 bits per heavy atom. The van der Waals surface area contributed by atoms with Crippen LogP contribution in [0.3, 0.4) is 0 Å². The lowest BCUT2D eigenvalue weighted by molar-refractivity contribution is -0.133. The summed E-state index contributed by atoms with van der Waals surface area (Å²) in [4.78, 5) is 14.0. The van der Waals surface area contributed by atoms with Crippen LogP contribution in [-0.2, 0) is 11.2 Å². The van der Waals surface area contributed by atoms with Crippen LogP contribution in [0.1, 0.15) is 37.7 Å². The fourth-order valence-corrected chi connectivity index (χ4v) is 3.33. The first-order chi connectivity index (χ1) is 10.5. The van der Waals surface area contributed by atoms with Gasteiger partial charge in [0, 0.05) is 25.6 Å². The molecule has 0 atom stereocenters. The molecule has 0 radical (unpaired) electrons. The molecule has 1 saturated carbocycles. The normalized spacial score (nSPS) is 21.0. The maximum atomic E-state index is 13.5. The van der Waals surface area contributed by atoms with Gasteiger partial charge in [-0.1, -0.05) is 6.07 Å². The van der Waals surface area contributed by atoms with E-state index in [1.807, 2.05) is 0 Å². The van der Waals surface area contributed by atoms with Gasteiger partial charge < -0.3 is 10.0 Å². The number of likely N-dealkylation sites (tertiary alicyclic amines) is 1. The van der Waals surface area contributed by atoms with Gasteiger partial charge in [-0.2, -0.15) is 0 Å². The van der Waals surface area contributed by atoms with E-state index in [1.165, 1.54) is 12.1 Å². The third-order valence-electron chi connectivity index (χ3n) is 4.99. The van der Waals surface area contributed by atoms with Crippen LogP contribution in [0, 0.1) is 17.6 Å². The highest BCUT2D eigenvalue weighted by atomic mass is 19.1. The van der Waals surface area contributed by atoms with Crippen molar-refractivity contribution < 1.29 is 18.7 Å². The number of nitrogens with zero attached hydrogens (tertiary/aromatic N) is 1. The van der Waals surface area contributed by atoms with Gasteiger partial charge in [0.2, 0.25) is 5.91 Å². The zero-order chi connectivity index (χ0) is 15.7. The first-order valence-corrected chi connectivity index (χ1v) is 7.92. The Labute approximate surface area is 128 Å². The summed E-state index contributed by atoms with van der Waals surface area (Å²) in [5, 5.41) is 10.1. The van der Waals surface area contributed by atoms with Crippen molar-refractivity contribution in [1.29, 1.82) is 0 Å². The van der Waals surface area contributed by atoms with Crippen molar-refractivity contribution in [2.75, 3.05) is 13.1 Å². The molecule has 1 N–H and O–H groups in total. The molecule has 3 nitrogen and oxygen atoms in total. The summed E-state index contributed by atoms with van der Waals surface area (Å²) >= 11 is 0. The number of rotatable bonds is 4. The predicted molar refractivity (Wildman–Crippen MR) is 78.2 cm³/mol. The summed E-state index contributed by atoms with van der Waals surface area (Å²) in [5.41, 5.74) is -0.0937. The summed E-state index contributed by atoms with van der Waals surface area (Å²) in [7, 11) is 0. The Bertz CT molecular complexity index is 564. The molecule has 1 aromatic rings. The minimum Gasteiger partial charge on any atom is -0.390 e. The SMILES string of the molecule is O=C(CCc1ccc(F)cc1F)N1CCC(C2(O)CC2)CC1. The molecule has 120 valence electrons. The van der Waals surface area contributed by atoms with E-state index in [9.17, 15) is 18.7 Å². The molecule has 1 saturated heterocycles. The van der Waals surface area contributed by atoms with E-state index in [2.05, 4.69) is 0 Å². The van der Waals surface area contributed by atoms with Gasteiger partial charge in [-0.3, -0.25) is 4.79 Å². The van der Waals surface area contributed by atoms with Gasteiger partial charge in [-0.05, 0) is 49.7 Å². The van der Waals surface area contributed by atoms with Crippen LogP contribution < -0.4 is 0 Å². The molecule has 5 heteroatoms. The van der Waals surface area contributed by atoms with E-state index in [1.54, 1.807) is 4.90 Å². The number of amides is 1. The van der Waals surface area contributed by atoms with Crippen LogP contribution in [0.5, 0.6) is 0 Å². The van der Waals surface area contributed by atoms with Crippen LogP contribution in [0.2, 0.25) is 0 Å². The van der Waals surface area contributed by atoms with E-state index in [4.69, 9.17) is 0 Å². The number of benzene rings is 1. The number of hydrogen-bond acceptors (Lipinski definition) is 2. The molecule has 0 spiro atoms. The van der Waals surface area contributed by atoms with Crippen molar-refractivity contribution in [3.8, 4) is 0 Å². The summed E-state index contributed by atoms with van der Waals surface area (Å²) < 4.78 is 26.4. The molecule has 2 aliphatic rings. The van der Waals surface area contributed by atoms with Crippen LogP contribution in [0.25, 0.3) is 0 Å². The van der Waals surface area contributed by atoms with Gasteiger partial charge in [0.1, 0.15) is 11.6 Å². The zero-order valence-corrected chi connectivity index (χ0v) is 12.5. The number of hydrogen-bond donors (Lipinski definition) is 1. The van der Waals surface area contributed by atoms with E-state index >= 15 is 0 Å². The molecular weight excluding hydrogens is 288 g/mol. The molecule has 2 fully saturated rings. The average Bonchev–Trinajstić information content (AvgIpc) is 3.25. The molecule has 3 rings (SSSR count). The maximum Gasteiger partial charge on any atom is 0.222 e. The smallest absolute Gasteiger partial charge is 0.222 e. The third-order valence-corrected chi connectivity index (χ3v) is 4.99. The number of carbonyl (C=O) groups excluding carboxylic acids is 1. The van der Waals surface area contributed by atoms with Crippen LogP contribution in [0.15, 0.2) is 18.2 Å². The highest BCUT2D eigenvalue weighted by Gasteiger charge is 2.48. The first-order valence-electron chi connectivity index (χ1n) is 7.92. The Hall–Kier alpha value is -1.49. The second kappa shape index (κ2) is 5.95. The Morgan fingerprint density at radius 2 is 1.95 bits per heavy atom.